The van der Waals surface area contributed by atoms with E-state index in [-0.39, 0.29) is 28.1 Å². The molecule has 0 atom stereocenters. The van der Waals surface area contributed by atoms with E-state index >= 15 is 0 Å². The van der Waals surface area contributed by atoms with E-state index in [1.54, 1.807) is 52.0 Å². The second-order valence-corrected chi connectivity index (χ2v) is 11.4. The molecule has 0 spiro atoms. The van der Waals surface area contributed by atoms with Crippen LogP contribution >= 0.6 is 0 Å². The van der Waals surface area contributed by atoms with Gasteiger partial charge in [-0.15, -0.1) is 9.19 Å². The molecule has 0 aliphatic carbocycles. The fourth-order valence-corrected chi connectivity index (χ4v) is 7.11. The van der Waals surface area contributed by atoms with Gasteiger partial charge in [0.2, 0.25) is 16.0 Å². The van der Waals surface area contributed by atoms with E-state index in [0.717, 1.165) is 11.1 Å². The summed E-state index contributed by atoms with van der Waals surface area (Å²) >= 11 is 0. The molecule has 0 saturated heterocycles. The second kappa shape index (κ2) is 8.30. The van der Waals surface area contributed by atoms with Crippen molar-refractivity contribution in [3.05, 3.63) is 63.5 Å². The van der Waals surface area contributed by atoms with Gasteiger partial charge < -0.3 is 5.73 Å². The van der Waals surface area contributed by atoms with Gasteiger partial charge in [0.15, 0.2) is 5.82 Å². The molecule has 0 amide bonds. The largest absolute Gasteiger partial charge is 0.367 e. The molecule has 1 aromatic heterocycles. The summed E-state index contributed by atoms with van der Waals surface area (Å²) in [5.41, 5.74) is 10.1. The van der Waals surface area contributed by atoms with Crippen LogP contribution in [0.25, 0.3) is 0 Å². The number of anilines is 1. The average molecular weight is 478 g/mol. The lowest BCUT2D eigenvalue weighted by Crippen LogP contribution is -2.26. The Labute approximate surface area is 188 Å². The fraction of sp³-hybridized carbons (Fsp3) is 0.333. The van der Waals surface area contributed by atoms with Crippen molar-refractivity contribution in [3.8, 4) is 0 Å². The summed E-state index contributed by atoms with van der Waals surface area (Å²) in [5.74, 6) is -0.402. The molecule has 0 aliphatic heterocycles. The highest BCUT2D eigenvalue weighted by molar-refractivity contribution is 7.90. The number of sulfonamides is 1. The zero-order valence-electron chi connectivity index (χ0n) is 18.9. The lowest BCUT2D eigenvalue weighted by molar-refractivity contribution is 0.576. The number of nitrogens with two attached hydrogens (primary N) is 1. The number of hydrogen-bond donors (Lipinski definition) is 2. The van der Waals surface area contributed by atoms with E-state index in [1.165, 1.54) is 0 Å². The summed E-state index contributed by atoms with van der Waals surface area (Å²) in [7, 11) is -7.99. The first-order valence-electron chi connectivity index (χ1n) is 9.86. The van der Waals surface area contributed by atoms with Crippen LogP contribution in [-0.4, -0.2) is 31.0 Å². The Bertz CT molecular complexity index is 1380. The van der Waals surface area contributed by atoms with Gasteiger partial charge in [-0.3, -0.25) is 0 Å². The highest BCUT2D eigenvalue weighted by atomic mass is 32.2. The highest BCUT2D eigenvalue weighted by Crippen LogP contribution is 2.25. The first-order valence-corrected chi connectivity index (χ1v) is 12.8. The van der Waals surface area contributed by atoms with Crippen LogP contribution in [0.2, 0.25) is 0 Å². The van der Waals surface area contributed by atoms with Crippen molar-refractivity contribution < 1.29 is 16.8 Å². The van der Waals surface area contributed by atoms with Crippen molar-refractivity contribution in [1.82, 2.24) is 18.9 Å². The maximum absolute atomic E-state index is 13.2. The molecule has 2 aromatic carbocycles. The van der Waals surface area contributed by atoms with Crippen LogP contribution in [0.15, 0.2) is 34.1 Å². The first kappa shape index (κ1) is 23.9. The van der Waals surface area contributed by atoms with Crippen molar-refractivity contribution in [3.63, 3.8) is 0 Å². The van der Waals surface area contributed by atoms with Gasteiger partial charge in [0, 0.05) is 0 Å². The van der Waals surface area contributed by atoms with Gasteiger partial charge in [0.05, 0.1) is 16.3 Å². The van der Waals surface area contributed by atoms with E-state index in [9.17, 15) is 16.8 Å². The predicted octanol–water partition coefficient (Wildman–Crippen LogP) is 2.43. The Morgan fingerprint density at radius 1 is 0.812 bits per heavy atom. The lowest BCUT2D eigenvalue weighted by Gasteiger charge is -2.12. The summed E-state index contributed by atoms with van der Waals surface area (Å²) in [6.07, 6.45) is 0. The Morgan fingerprint density at radius 2 is 1.25 bits per heavy atom. The molecule has 3 N–H and O–H groups in total. The Balaban J connectivity index is 1.93. The third kappa shape index (κ3) is 4.41. The summed E-state index contributed by atoms with van der Waals surface area (Å²) in [6, 6.07) is 7.08. The third-order valence-electron chi connectivity index (χ3n) is 5.03. The molecule has 0 fully saturated rings. The zero-order valence-corrected chi connectivity index (χ0v) is 20.5. The van der Waals surface area contributed by atoms with Crippen LogP contribution < -0.4 is 10.5 Å². The van der Waals surface area contributed by atoms with Crippen molar-refractivity contribution in [2.45, 2.75) is 57.9 Å². The maximum atomic E-state index is 13.2. The number of aryl methyl sites for hydroxylation is 6. The third-order valence-corrected chi connectivity index (χ3v) is 8.62. The van der Waals surface area contributed by atoms with Crippen molar-refractivity contribution in [2.24, 2.45) is 0 Å². The van der Waals surface area contributed by atoms with E-state index in [2.05, 4.69) is 14.8 Å². The summed E-state index contributed by atoms with van der Waals surface area (Å²) < 4.78 is 55.2. The predicted molar refractivity (Wildman–Crippen MR) is 122 cm³/mol. The van der Waals surface area contributed by atoms with Gasteiger partial charge >= 0.3 is 0 Å². The summed E-state index contributed by atoms with van der Waals surface area (Å²) in [6.45, 7) is 10.3. The van der Waals surface area contributed by atoms with E-state index in [1.807, 2.05) is 13.8 Å². The number of hydrogen-bond acceptors (Lipinski definition) is 7. The molecule has 172 valence electrons. The summed E-state index contributed by atoms with van der Waals surface area (Å²) in [4.78, 5) is 4.23. The van der Waals surface area contributed by atoms with Crippen LogP contribution in [0.1, 0.15) is 39.2 Å². The second-order valence-electron chi connectivity index (χ2n) is 8.01. The van der Waals surface area contributed by atoms with Crippen LogP contribution in [0.4, 0.5) is 5.95 Å². The highest BCUT2D eigenvalue weighted by Gasteiger charge is 2.27. The normalized spacial score (nSPS) is 12.3. The Hall–Kier alpha value is -2.76. The van der Waals surface area contributed by atoms with Crippen LogP contribution in [0.3, 0.4) is 0 Å². The first-order chi connectivity index (χ1) is 14.7. The van der Waals surface area contributed by atoms with Gasteiger partial charge in [-0.1, -0.05) is 35.4 Å². The number of aromatic nitrogens is 3. The topological polar surface area (TPSA) is 137 Å². The molecule has 1 heterocycles. The van der Waals surface area contributed by atoms with E-state index < -0.39 is 20.0 Å². The molecule has 3 rings (SSSR count). The van der Waals surface area contributed by atoms with Gasteiger partial charge in [-0.05, 0) is 63.8 Å². The van der Waals surface area contributed by atoms with Gasteiger partial charge in [0.25, 0.3) is 10.0 Å². The van der Waals surface area contributed by atoms with Crippen LogP contribution in [0, 0.1) is 41.5 Å². The van der Waals surface area contributed by atoms with E-state index in [4.69, 9.17) is 5.73 Å². The standard InChI is InChI=1S/C21H27N5O4S2/c1-12-7-14(3)19(15(4)8-12)31(27,28)23-11-18-24-21(22)26(25-18)32(29,30)20-16(5)9-13(2)10-17(20)6/h7-10,23H,11H2,1-6H3,(H2,22,24,25). The average Bonchev–Trinajstić information content (AvgIpc) is 2.99. The molecule has 3 aromatic rings. The van der Waals surface area contributed by atoms with Crippen LogP contribution in [-0.2, 0) is 26.6 Å². The number of nitrogens with one attached hydrogen (secondary N) is 1. The van der Waals surface area contributed by atoms with Gasteiger partial charge in [0.1, 0.15) is 0 Å². The maximum Gasteiger partial charge on any atom is 0.286 e. The summed E-state index contributed by atoms with van der Waals surface area (Å²) in [5, 5.41) is 3.98. The minimum atomic E-state index is -4.11. The molecule has 0 unspecified atom stereocenters. The number of nitrogen functional groups attached to an aromatic ring is 1. The monoisotopic (exact) mass is 477 g/mol. The molecular weight excluding hydrogens is 450 g/mol. The fourth-order valence-electron chi connectivity index (χ4n) is 4.09. The number of benzene rings is 2. The molecule has 0 aliphatic rings. The Morgan fingerprint density at radius 3 is 1.72 bits per heavy atom. The minimum Gasteiger partial charge on any atom is -0.367 e. The van der Waals surface area contributed by atoms with Gasteiger partial charge in [-0.2, -0.15) is 13.4 Å². The molecule has 0 radical (unpaired) electrons. The van der Waals surface area contributed by atoms with Crippen molar-refractivity contribution >= 4 is 26.0 Å². The zero-order chi connectivity index (χ0) is 24.0. The van der Waals surface area contributed by atoms with Crippen LogP contribution in [0.5, 0.6) is 0 Å². The van der Waals surface area contributed by atoms with E-state index in [0.29, 0.717) is 26.3 Å². The lowest BCUT2D eigenvalue weighted by atomic mass is 10.1. The number of nitrogens with zero attached hydrogens (tertiary/aromatic N) is 3. The molecule has 0 saturated carbocycles. The molecular formula is C21H27N5O4S2. The van der Waals surface area contributed by atoms with Gasteiger partial charge in [-0.25, -0.2) is 13.1 Å². The SMILES string of the molecule is Cc1cc(C)c(S(=O)(=O)NCc2nc(N)n(S(=O)(=O)c3c(C)cc(C)cc3C)n2)c(C)c1. The smallest absolute Gasteiger partial charge is 0.286 e. The minimum absolute atomic E-state index is 0.0560. The van der Waals surface area contributed by atoms with Crippen molar-refractivity contribution in [2.75, 3.05) is 5.73 Å². The van der Waals surface area contributed by atoms with Crippen molar-refractivity contribution in [1.29, 1.82) is 0 Å². The molecule has 0 bridgehead atoms. The molecule has 11 heteroatoms. The molecule has 32 heavy (non-hydrogen) atoms. The Kier molecular flexibility index (Phi) is 6.20. The number of rotatable bonds is 6. The molecule has 9 nitrogen and oxygen atoms in total. The quantitative estimate of drug-likeness (QED) is 0.556.